The van der Waals surface area contributed by atoms with Gasteiger partial charge in [0.2, 0.25) is 0 Å². The monoisotopic (exact) mass is 211 g/mol. The molecule has 1 heterocycles. The summed E-state index contributed by atoms with van der Waals surface area (Å²) in [6, 6.07) is 0.579. The van der Waals surface area contributed by atoms with E-state index in [1.807, 2.05) is 0 Å². The molecule has 15 heavy (non-hydrogen) atoms. The van der Waals surface area contributed by atoms with Gasteiger partial charge in [-0.25, -0.2) is 0 Å². The molecule has 0 aromatic carbocycles. The van der Waals surface area contributed by atoms with Crippen molar-refractivity contribution in [3.8, 4) is 0 Å². The minimum atomic E-state index is -0.665. The van der Waals surface area contributed by atoms with Crippen molar-refractivity contribution < 1.29 is 9.90 Å². The van der Waals surface area contributed by atoms with Gasteiger partial charge >= 0.3 is 5.97 Å². The van der Waals surface area contributed by atoms with Crippen LogP contribution in [0.15, 0.2) is 0 Å². The normalized spacial score (nSPS) is 25.7. The number of hydrogen-bond donors (Lipinski definition) is 1. The van der Waals surface area contributed by atoms with Gasteiger partial charge in [0.25, 0.3) is 0 Å². The van der Waals surface area contributed by atoms with E-state index in [-0.39, 0.29) is 0 Å². The van der Waals surface area contributed by atoms with Crippen molar-refractivity contribution in [3.05, 3.63) is 0 Å². The van der Waals surface area contributed by atoms with Crippen LogP contribution in [0.5, 0.6) is 0 Å². The quantitative estimate of drug-likeness (QED) is 0.757. The molecule has 2 fully saturated rings. The van der Waals surface area contributed by atoms with Crippen molar-refractivity contribution >= 4 is 5.97 Å². The van der Waals surface area contributed by atoms with Gasteiger partial charge in [0.1, 0.15) is 0 Å². The van der Waals surface area contributed by atoms with E-state index in [2.05, 4.69) is 11.8 Å². The summed E-state index contributed by atoms with van der Waals surface area (Å²) < 4.78 is 0. The van der Waals surface area contributed by atoms with Gasteiger partial charge in [-0.2, -0.15) is 0 Å². The third-order valence-corrected chi connectivity index (χ3v) is 4.13. The van der Waals surface area contributed by atoms with Crippen molar-refractivity contribution in [2.75, 3.05) is 13.1 Å². The van der Waals surface area contributed by atoms with Gasteiger partial charge in [-0.3, -0.25) is 9.69 Å². The van der Waals surface area contributed by atoms with E-state index >= 15 is 0 Å². The fourth-order valence-corrected chi connectivity index (χ4v) is 2.85. The highest BCUT2D eigenvalue weighted by Gasteiger charge is 2.47. The van der Waals surface area contributed by atoms with Gasteiger partial charge in [0, 0.05) is 25.6 Å². The minimum absolute atomic E-state index is 0.323. The molecule has 0 radical (unpaired) electrons. The van der Waals surface area contributed by atoms with Crippen LogP contribution in [-0.4, -0.2) is 35.1 Å². The highest BCUT2D eigenvalue weighted by atomic mass is 16.4. The number of likely N-dealkylation sites (tertiary alicyclic amines) is 1. The van der Waals surface area contributed by atoms with Crippen molar-refractivity contribution in [2.24, 2.45) is 5.41 Å². The summed E-state index contributed by atoms with van der Waals surface area (Å²) in [6.07, 6.45) is 6.43. The third kappa shape index (κ3) is 2.33. The molecule has 3 heteroatoms. The summed E-state index contributed by atoms with van der Waals surface area (Å²) in [5.74, 6) is -0.665. The fraction of sp³-hybridized carbons (Fsp3) is 0.917. The Hall–Kier alpha value is -0.570. The van der Waals surface area contributed by atoms with E-state index in [0.717, 1.165) is 12.8 Å². The molecule has 1 aliphatic heterocycles. The molecule has 86 valence electrons. The van der Waals surface area contributed by atoms with E-state index in [4.69, 9.17) is 5.11 Å². The average Bonchev–Trinajstić information content (AvgIpc) is 1.97. The van der Waals surface area contributed by atoms with Crippen molar-refractivity contribution in [3.63, 3.8) is 0 Å². The first-order valence-corrected chi connectivity index (χ1v) is 6.07. The van der Waals surface area contributed by atoms with Crippen LogP contribution in [0, 0.1) is 5.41 Å². The predicted molar refractivity (Wildman–Crippen MR) is 58.8 cm³/mol. The number of nitrogens with zero attached hydrogens (tertiary/aromatic N) is 1. The number of hydrogen-bond acceptors (Lipinski definition) is 2. The molecular formula is C12H21NO2. The lowest BCUT2D eigenvalue weighted by Crippen LogP contribution is -2.62. The lowest BCUT2D eigenvalue weighted by atomic mass is 9.63. The van der Waals surface area contributed by atoms with Crippen molar-refractivity contribution in [2.45, 2.75) is 51.5 Å². The number of carbonyl (C=O) groups is 1. The minimum Gasteiger partial charge on any atom is -0.481 e. The molecule has 1 saturated heterocycles. The summed E-state index contributed by atoms with van der Waals surface area (Å²) in [7, 11) is 0. The van der Waals surface area contributed by atoms with Crippen LogP contribution >= 0.6 is 0 Å². The first-order chi connectivity index (χ1) is 7.11. The van der Waals surface area contributed by atoms with E-state index < -0.39 is 5.97 Å². The molecule has 1 unspecified atom stereocenters. The van der Waals surface area contributed by atoms with E-state index in [1.54, 1.807) is 0 Å². The molecular weight excluding hydrogens is 190 g/mol. The van der Waals surface area contributed by atoms with Gasteiger partial charge in [-0.1, -0.05) is 6.42 Å². The summed E-state index contributed by atoms with van der Waals surface area (Å²) in [4.78, 5) is 12.9. The summed E-state index contributed by atoms with van der Waals surface area (Å²) >= 11 is 0. The molecule has 0 aromatic heterocycles. The summed E-state index contributed by atoms with van der Waals surface area (Å²) in [5.41, 5.74) is 0.695. The molecule has 1 spiro atoms. The van der Waals surface area contributed by atoms with Crippen LogP contribution in [0.1, 0.15) is 45.4 Å². The Labute approximate surface area is 91.5 Å². The lowest BCUT2D eigenvalue weighted by Gasteiger charge is -2.58. The van der Waals surface area contributed by atoms with Crippen LogP contribution in [0.2, 0.25) is 0 Å². The number of carboxylic acid groups (broad SMARTS) is 1. The van der Waals surface area contributed by atoms with Gasteiger partial charge in [-0.15, -0.1) is 0 Å². The molecule has 1 N–H and O–H groups in total. The van der Waals surface area contributed by atoms with Crippen LogP contribution in [0.4, 0.5) is 0 Å². The largest absolute Gasteiger partial charge is 0.481 e. The molecule has 2 rings (SSSR count). The maximum absolute atomic E-state index is 10.4. The van der Waals surface area contributed by atoms with Crippen LogP contribution in [-0.2, 0) is 4.79 Å². The molecule has 1 atom stereocenters. The lowest BCUT2D eigenvalue weighted by molar-refractivity contribution is -0.137. The number of carboxylic acids is 1. The second-order valence-electron chi connectivity index (χ2n) is 5.39. The highest BCUT2D eigenvalue weighted by Crippen LogP contribution is 2.48. The molecule has 0 aromatic rings. The third-order valence-electron chi connectivity index (χ3n) is 4.13. The predicted octanol–water partition coefficient (Wildman–Crippen LogP) is 2.12. The Morgan fingerprint density at radius 3 is 2.60 bits per heavy atom. The van der Waals surface area contributed by atoms with Gasteiger partial charge in [0.15, 0.2) is 0 Å². The maximum atomic E-state index is 10.4. The Balaban J connectivity index is 1.61. The summed E-state index contributed by atoms with van der Waals surface area (Å²) in [5, 5.41) is 8.55. The molecule has 0 bridgehead atoms. The van der Waals surface area contributed by atoms with E-state index in [0.29, 0.717) is 17.9 Å². The topological polar surface area (TPSA) is 40.5 Å². The first kappa shape index (κ1) is 10.9. The Bertz CT molecular complexity index is 240. The average molecular weight is 211 g/mol. The van der Waals surface area contributed by atoms with Crippen LogP contribution in [0.25, 0.3) is 0 Å². The maximum Gasteiger partial charge on any atom is 0.303 e. The van der Waals surface area contributed by atoms with Gasteiger partial charge < -0.3 is 5.11 Å². The fourth-order valence-electron chi connectivity index (χ4n) is 2.85. The van der Waals surface area contributed by atoms with Gasteiger partial charge in [-0.05, 0) is 38.0 Å². The Morgan fingerprint density at radius 2 is 2.13 bits per heavy atom. The summed E-state index contributed by atoms with van der Waals surface area (Å²) in [6.45, 7) is 4.76. The van der Waals surface area contributed by atoms with E-state index in [1.165, 1.54) is 32.4 Å². The molecule has 2 aliphatic rings. The molecule has 0 amide bonds. The first-order valence-electron chi connectivity index (χ1n) is 6.07. The molecule has 3 nitrogen and oxygen atoms in total. The van der Waals surface area contributed by atoms with Gasteiger partial charge in [0.05, 0.1) is 0 Å². The van der Waals surface area contributed by atoms with Crippen LogP contribution < -0.4 is 0 Å². The van der Waals surface area contributed by atoms with Crippen molar-refractivity contribution in [1.82, 2.24) is 4.90 Å². The number of aliphatic carboxylic acids is 1. The molecule has 1 saturated carbocycles. The standard InChI is InChI=1S/C12H21NO2/c1-10(4-2-5-11(14)15)13-8-12(9-13)6-3-7-12/h10H,2-9H2,1H3,(H,14,15). The zero-order valence-electron chi connectivity index (χ0n) is 9.54. The number of rotatable bonds is 5. The SMILES string of the molecule is CC(CCCC(=O)O)N1CC2(CCC2)C1. The Kier molecular flexibility index (Phi) is 3.01. The second-order valence-corrected chi connectivity index (χ2v) is 5.39. The van der Waals surface area contributed by atoms with Crippen molar-refractivity contribution in [1.29, 1.82) is 0 Å². The second kappa shape index (κ2) is 4.12. The zero-order valence-corrected chi connectivity index (χ0v) is 9.54. The molecule has 1 aliphatic carbocycles. The Morgan fingerprint density at radius 1 is 1.47 bits per heavy atom. The van der Waals surface area contributed by atoms with Crippen LogP contribution in [0.3, 0.4) is 0 Å². The zero-order chi connectivity index (χ0) is 10.9. The highest BCUT2D eigenvalue weighted by molar-refractivity contribution is 5.66. The smallest absolute Gasteiger partial charge is 0.303 e. The van der Waals surface area contributed by atoms with E-state index in [9.17, 15) is 4.79 Å².